The van der Waals surface area contributed by atoms with Crippen LogP contribution in [0.4, 0.5) is 0 Å². The van der Waals surface area contributed by atoms with E-state index in [0.717, 1.165) is 69.0 Å². The van der Waals surface area contributed by atoms with Crippen LogP contribution in [0, 0.1) is 11.3 Å². The van der Waals surface area contributed by atoms with Crippen LogP contribution in [0.25, 0.3) is 44.3 Å². The van der Waals surface area contributed by atoms with Gasteiger partial charge in [-0.2, -0.15) is 0 Å². The number of rotatable bonds is 4. The zero-order chi connectivity index (χ0) is 23.2. The lowest BCUT2D eigenvalue weighted by Crippen LogP contribution is -2.35. The van der Waals surface area contributed by atoms with Gasteiger partial charge in [-0.1, -0.05) is 55.5 Å². The fourth-order valence-corrected chi connectivity index (χ4v) is 4.54. The molecule has 2 aromatic heterocycles. The molecule has 0 fully saturated rings. The third-order valence-corrected chi connectivity index (χ3v) is 6.52. The number of aromatic nitrogens is 2. The fourth-order valence-electron chi connectivity index (χ4n) is 4.54. The van der Waals surface area contributed by atoms with Crippen molar-refractivity contribution in [3.05, 3.63) is 83.9 Å². The predicted octanol–water partition coefficient (Wildman–Crippen LogP) is 5.25. The second kappa shape index (κ2) is 7.92. The number of nitrogen functional groups attached to an aromatic ring is 1. The van der Waals surface area contributed by atoms with E-state index in [1.165, 1.54) is 5.39 Å². The summed E-state index contributed by atoms with van der Waals surface area (Å²) >= 11 is 0. The Morgan fingerprint density at radius 1 is 0.824 bits per heavy atom. The summed E-state index contributed by atoms with van der Waals surface area (Å²) in [6, 6.07) is 25.1. The first-order valence-electron chi connectivity index (χ1n) is 11.5. The molecule has 0 aliphatic carbocycles. The first-order chi connectivity index (χ1) is 16.5. The monoisotopic (exact) mass is 446 g/mol. The van der Waals surface area contributed by atoms with E-state index in [2.05, 4.69) is 76.8 Å². The van der Waals surface area contributed by atoms with Crippen LogP contribution in [-0.2, 0) is 0 Å². The number of nitrogens with zero attached hydrogens (tertiary/aromatic N) is 1. The third-order valence-electron chi connectivity index (χ3n) is 6.52. The van der Waals surface area contributed by atoms with Crippen LogP contribution in [-0.4, -0.2) is 34.7 Å². The van der Waals surface area contributed by atoms with Crippen molar-refractivity contribution < 1.29 is 0 Å². The maximum atomic E-state index is 7.65. The van der Waals surface area contributed by atoms with Crippen molar-refractivity contribution in [2.24, 2.45) is 16.6 Å². The normalized spacial score (nSPS) is 15.9. The van der Waals surface area contributed by atoms with E-state index < -0.39 is 0 Å². The zero-order valence-corrected chi connectivity index (χ0v) is 18.9. The van der Waals surface area contributed by atoms with Gasteiger partial charge in [-0.05, 0) is 41.3 Å². The van der Waals surface area contributed by atoms with Gasteiger partial charge in [0.05, 0.1) is 0 Å². The van der Waals surface area contributed by atoms with Crippen LogP contribution >= 0.6 is 0 Å². The van der Waals surface area contributed by atoms with Gasteiger partial charge < -0.3 is 21.0 Å². The van der Waals surface area contributed by atoms with Crippen LogP contribution in [0.5, 0.6) is 0 Å². The van der Waals surface area contributed by atoms with Crippen molar-refractivity contribution in [3.8, 4) is 22.5 Å². The molecule has 1 aliphatic rings. The van der Waals surface area contributed by atoms with Crippen molar-refractivity contribution in [1.29, 1.82) is 5.41 Å². The highest BCUT2D eigenvalue weighted by Gasteiger charge is 2.13. The highest BCUT2D eigenvalue weighted by molar-refractivity contribution is 6.02. The van der Waals surface area contributed by atoms with Crippen LogP contribution < -0.4 is 11.1 Å². The molecule has 6 heteroatoms. The summed E-state index contributed by atoms with van der Waals surface area (Å²) < 4.78 is 0. The molecule has 1 atom stereocenters. The third kappa shape index (κ3) is 3.63. The lowest BCUT2D eigenvalue weighted by molar-refractivity contribution is 0.554. The Hall–Kier alpha value is -4.32. The SMILES string of the molecule is CC1CN=C(c2ccc3cc(-c4ccc(-c5cc6ccc(C(=N)N)cc6[nH]5)cc4)[nH]c3c2)NC1. The molecule has 6 nitrogen and oxygen atoms in total. The van der Waals surface area contributed by atoms with Crippen LogP contribution in [0.15, 0.2) is 77.8 Å². The number of nitrogens with two attached hydrogens (primary N) is 1. The Bertz CT molecular complexity index is 1570. The van der Waals surface area contributed by atoms with Gasteiger partial charge in [-0.3, -0.25) is 10.4 Å². The molecule has 0 amide bonds. The number of aromatic amines is 2. The Kier molecular flexibility index (Phi) is 4.73. The summed E-state index contributed by atoms with van der Waals surface area (Å²) in [6.45, 7) is 4.05. The molecule has 0 spiro atoms. The quantitative estimate of drug-likeness (QED) is 0.192. The number of H-pyrrole nitrogens is 2. The van der Waals surface area contributed by atoms with Crippen molar-refractivity contribution in [2.45, 2.75) is 6.92 Å². The topological polar surface area (TPSA) is 106 Å². The number of hydrogen-bond donors (Lipinski definition) is 5. The van der Waals surface area contributed by atoms with Gasteiger partial charge in [0.25, 0.3) is 0 Å². The second-order valence-electron chi connectivity index (χ2n) is 9.14. The Labute approximate surface area is 197 Å². The number of amidine groups is 2. The first kappa shape index (κ1) is 20.3. The van der Waals surface area contributed by atoms with Crippen LogP contribution in [0.1, 0.15) is 18.1 Å². The standard InChI is InChI=1S/C28H26N6/c1-16-14-31-28(32-15-16)22-9-7-20-11-24(34-26(20)13-22)18-4-2-17(3-5-18)23-10-19-6-8-21(27(29)30)12-25(19)33-23/h2-13,16,33-34H,14-15H2,1H3,(H3,29,30)(H,31,32). The highest BCUT2D eigenvalue weighted by atomic mass is 15.0. The van der Waals surface area contributed by atoms with Crippen LogP contribution in [0.2, 0.25) is 0 Å². The lowest BCUT2D eigenvalue weighted by atomic mass is 10.1. The summed E-state index contributed by atoms with van der Waals surface area (Å²) in [4.78, 5) is 11.7. The molecular weight excluding hydrogens is 420 g/mol. The van der Waals surface area contributed by atoms with Gasteiger partial charge in [-0.15, -0.1) is 0 Å². The van der Waals surface area contributed by atoms with Gasteiger partial charge in [0, 0.05) is 57.4 Å². The molecule has 0 bridgehead atoms. The zero-order valence-electron chi connectivity index (χ0n) is 18.9. The summed E-state index contributed by atoms with van der Waals surface area (Å²) in [6.07, 6.45) is 0. The maximum Gasteiger partial charge on any atom is 0.128 e. The largest absolute Gasteiger partial charge is 0.384 e. The smallest absolute Gasteiger partial charge is 0.128 e. The van der Waals surface area contributed by atoms with E-state index in [0.29, 0.717) is 5.92 Å². The lowest BCUT2D eigenvalue weighted by Gasteiger charge is -2.19. The summed E-state index contributed by atoms with van der Waals surface area (Å²) in [5, 5.41) is 13.4. The van der Waals surface area contributed by atoms with Crippen molar-refractivity contribution >= 4 is 33.5 Å². The van der Waals surface area contributed by atoms with Crippen LogP contribution in [0.3, 0.4) is 0 Å². The minimum Gasteiger partial charge on any atom is -0.384 e. The minimum atomic E-state index is 0.0745. The molecule has 3 aromatic carbocycles. The number of benzene rings is 3. The van der Waals surface area contributed by atoms with Gasteiger partial charge in [0.15, 0.2) is 0 Å². The van der Waals surface area contributed by atoms with E-state index in [1.807, 2.05) is 18.2 Å². The van der Waals surface area contributed by atoms with Gasteiger partial charge in [0.1, 0.15) is 11.7 Å². The molecule has 3 heterocycles. The van der Waals surface area contributed by atoms with Crippen molar-refractivity contribution in [1.82, 2.24) is 15.3 Å². The van der Waals surface area contributed by atoms with Crippen molar-refractivity contribution in [2.75, 3.05) is 13.1 Å². The summed E-state index contributed by atoms with van der Waals surface area (Å²) in [5.74, 6) is 1.63. The van der Waals surface area contributed by atoms with Crippen molar-refractivity contribution in [3.63, 3.8) is 0 Å². The molecule has 0 saturated carbocycles. The molecule has 0 radical (unpaired) electrons. The molecular formula is C28H26N6. The summed E-state index contributed by atoms with van der Waals surface area (Å²) in [5.41, 5.74) is 13.9. The average molecular weight is 447 g/mol. The molecule has 0 saturated heterocycles. The number of nitrogens with one attached hydrogen (secondary N) is 4. The molecule has 34 heavy (non-hydrogen) atoms. The highest BCUT2D eigenvalue weighted by Crippen LogP contribution is 2.29. The van der Waals surface area contributed by atoms with E-state index >= 15 is 0 Å². The number of aliphatic imine (C=N–C) groups is 1. The molecule has 6 rings (SSSR count). The maximum absolute atomic E-state index is 7.65. The van der Waals surface area contributed by atoms with E-state index in [9.17, 15) is 0 Å². The Morgan fingerprint density at radius 3 is 2.00 bits per heavy atom. The van der Waals surface area contributed by atoms with Gasteiger partial charge in [-0.25, -0.2) is 0 Å². The number of hydrogen-bond acceptors (Lipinski definition) is 3. The van der Waals surface area contributed by atoms with E-state index in [4.69, 9.17) is 16.1 Å². The second-order valence-corrected chi connectivity index (χ2v) is 9.14. The first-order valence-corrected chi connectivity index (χ1v) is 11.5. The fraction of sp³-hybridized carbons (Fsp3) is 0.143. The molecule has 168 valence electrons. The molecule has 1 aliphatic heterocycles. The molecule has 6 N–H and O–H groups in total. The van der Waals surface area contributed by atoms with E-state index in [1.54, 1.807) is 0 Å². The average Bonchev–Trinajstić information content (AvgIpc) is 3.48. The predicted molar refractivity (Wildman–Crippen MR) is 141 cm³/mol. The van der Waals surface area contributed by atoms with Gasteiger partial charge >= 0.3 is 0 Å². The minimum absolute atomic E-state index is 0.0745. The summed E-state index contributed by atoms with van der Waals surface area (Å²) in [7, 11) is 0. The number of fused-ring (bicyclic) bond motifs is 2. The molecule has 1 unspecified atom stereocenters. The Morgan fingerprint density at radius 2 is 1.41 bits per heavy atom. The van der Waals surface area contributed by atoms with Gasteiger partial charge in [0.2, 0.25) is 0 Å². The van der Waals surface area contributed by atoms with E-state index in [-0.39, 0.29) is 5.84 Å². The molecule has 5 aromatic rings. The Balaban J connectivity index is 1.28.